The maximum Gasteiger partial charge on any atom is 0.255 e. The van der Waals surface area contributed by atoms with Gasteiger partial charge in [-0.3, -0.25) is 14.4 Å². The second kappa shape index (κ2) is 9.42. The molecule has 0 aliphatic carbocycles. The number of thioether (sulfide) groups is 1. The van der Waals surface area contributed by atoms with E-state index in [2.05, 4.69) is 10.6 Å². The van der Waals surface area contributed by atoms with Crippen molar-refractivity contribution < 1.29 is 23.5 Å². The van der Waals surface area contributed by atoms with Crippen LogP contribution in [-0.4, -0.2) is 41.4 Å². The zero-order chi connectivity index (χ0) is 20.8. The number of hydrogen-bond acceptors (Lipinski definition) is 5. The number of ether oxygens (including phenoxy) is 1. The van der Waals surface area contributed by atoms with Crippen LogP contribution in [0.15, 0.2) is 48.5 Å². The van der Waals surface area contributed by atoms with E-state index in [1.165, 1.54) is 23.9 Å². The average molecular weight is 417 g/mol. The number of amides is 3. The van der Waals surface area contributed by atoms with Gasteiger partial charge < -0.3 is 21.1 Å². The molecule has 2 unspecified atom stereocenters. The third-order valence-electron chi connectivity index (χ3n) is 4.21. The van der Waals surface area contributed by atoms with E-state index in [9.17, 15) is 18.8 Å². The van der Waals surface area contributed by atoms with Gasteiger partial charge in [-0.2, -0.15) is 0 Å². The van der Waals surface area contributed by atoms with Crippen LogP contribution in [-0.2, 0) is 20.8 Å². The minimum atomic E-state index is -0.674. The van der Waals surface area contributed by atoms with Crippen molar-refractivity contribution in [2.75, 3.05) is 17.7 Å². The second-order valence-electron chi connectivity index (χ2n) is 6.49. The Morgan fingerprint density at radius 1 is 1.24 bits per heavy atom. The molecule has 152 valence electrons. The molecule has 0 saturated carbocycles. The highest BCUT2D eigenvalue weighted by molar-refractivity contribution is 8.00. The van der Waals surface area contributed by atoms with Crippen molar-refractivity contribution in [3.05, 3.63) is 59.9 Å². The van der Waals surface area contributed by atoms with E-state index >= 15 is 0 Å². The SMILES string of the molecule is NC(=O)COc1cccc(NC(=O)C2CSC(Cc3ccc(F)cc3)C(=O)N2)c1. The molecule has 1 saturated heterocycles. The van der Waals surface area contributed by atoms with Gasteiger partial charge in [0.05, 0.1) is 5.25 Å². The highest BCUT2D eigenvalue weighted by Gasteiger charge is 2.32. The molecule has 3 rings (SSSR count). The predicted molar refractivity (Wildman–Crippen MR) is 108 cm³/mol. The van der Waals surface area contributed by atoms with Gasteiger partial charge >= 0.3 is 0 Å². The van der Waals surface area contributed by atoms with Gasteiger partial charge in [0.15, 0.2) is 6.61 Å². The topological polar surface area (TPSA) is 111 Å². The van der Waals surface area contributed by atoms with Crippen molar-refractivity contribution in [2.24, 2.45) is 5.73 Å². The summed E-state index contributed by atoms with van der Waals surface area (Å²) in [6.07, 6.45) is 0.463. The van der Waals surface area contributed by atoms with Crippen LogP contribution in [0.4, 0.5) is 10.1 Å². The number of carbonyl (C=O) groups excluding carboxylic acids is 3. The Hall–Kier alpha value is -3.07. The van der Waals surface area contributed by atoms with Gasteiger partial charge in [0, 0.05) is 17.5 Å². The molecule has 9 heteroatoms. The molecule has 1 aliphatic rings. The summed E-state index contributed by atoms with van der Waals surface area (Å²) >= 11 is 1.39. The van der Waals surface area contributed by atoms with Crippen LogP contribution < -0.4 is 21.1 Å². The number of rotatable bonds is 7. The molecular weight excluding hydrogens is 397 g/mol. The van der Waals surface area contributed by atoms with Crippen molar-refractivity contribution in [1.82, 2.24) is 5.32 Å². The molecule has 4 N–H and O–H groups in total. The molecule has 2 atom stereocenters. The first-order chi connectivity index (χ1) is 13.9. The first-order valence-corrected chi connectivity index (χ1v) is 9.94. The van der Waals surface area contributed by atoms with Gasteiger partial charge in [0.1, 0.15) is 17.6 Å². The van der Waals surface area contributed by atoms with Gasteiger partial charge in [0.2, 0.25) is 11.8 Å². The van der Waals surface area contributed by atoms with Crippen molar-refractivity contribution in [2.45, 2.75) is 17.7 Å². The molecule has 1 aliphatic heterocycles. The van der Waals surface area contributed by atoms with Crippen LogP contribution >= 0.6 is 11.8 Å². The quantitative estimate of drug-likeness (QED) is 0.632. The predicted octanol–water partition coefficient (Wildman–Crippen LogP) is 1.47. The fraction of sp³-hybridized carbons (Fsp3) is 0.250. The van der Waals surface area contributed by atoms with E-state index < -0.39 is 11.9 Å². The summed E-state index contributed by atoms with van der Waals surface area (Å²) in [5, 5.41) is 5.12. The monoisotopic (exact) mass is 417 g/mol. The lowest BCUT2D eigenvalue weighted by atomic mass is 10.1. The number of primary amides is 1. The molecule has 2 aromatic rings. The van der Waals surface area contributed by atoms with E-state index in [4.69, 9.17) is 10.5 Å². The van der Waals surface area contributed by atoms with Gasteiger partial charge in [0.25, 0.3) is 5.91 Å². The fourth-order valence-corrected chi connectivity index (χ4v) is 3.96. The Kier molecular flexibility index (Phi) is 6.71. The van der Waals surface area contributed by atoms with Gasteiger partial charge in [-0.05, 0) is 36.2 Å². The number of nitrogens with one attached hydrogen (secondary N) is 2. The lowest BCUT2D eigenvalue weighted by molar-refractivity contribution is -0.126. The van der Waals surface area contributed by atoms with Crippen LogP contribution in [0.3, 0.4) is 0 Å². The third kappa shape index (κ3) is 5.95. The summed E-state index contributed by atoms with van der Waals surface area (Å²) < 4.78 is 18.2. The number of benzene rings is 2. The maximum atomic E-state index is 13.0. The van der Waals surface area contributed by atoms with Crippen LogP contribution in [0, 0.1) is 5.82 Å². The highest BCUT2D eigenvalue weighted by Crippen LogP contribution is 2.23. The Morgan fingerprint density at radius 2 is 2.00 bits per heavy atom. The smallest absolute Gasteiger partial charge is 0.255 e. The Labute approximate surface area is 171 Å². The standard InChI is InChI=1S/C20H20FN3O4S/c21-13-6-4-12(5-7-13)8-17-20(27)24-16(11-29-17)19(26)23-14-2-1-3-15(9-14)28-10-18(22)25/h1-7,9,16-17H,8,10-11H2,(H2,22,25)(H,23,26)(H,24,27). The number of halogens is 1. The van der Waals surface area contributed by atoms with Crippen LogP contribution in [0.25, 0.3) is 0 Å². The number of nitrogens with two attached hydrogens (primary N) is 1. The fourth-order valence-electron chi connectivity index (χ4n) is 2.77. The Morgan fingerprint density at radius 3 is 2.69 bits per heavy atom. The molecule has 0 aromatic heterocycles. The molecule has 2 aromatic carbocycles. The van der Waals surface area contributed by atoms with Gasteiger partial charge in [-0.15, -0.1) is 11.8 Å². The van der Waals surface area contributed by atoms with Crippen molar-refractivity contribution >= 4 is 35.2 Å². The zero-order valence-corrected chi connectivity index (χ0v) is 16.2. The normalized spacial score (nSPS) is 18.6. The lowest BCUT2D eigenvalue weighted by Gasteiger charge is -2.28. The molecule has 29 heavy (non-hydrogen) atoms. The lowest BCUT2D eigenvalue weighted by Crippen LogP contribution is -2.52. The van der Waals surface area contributed by atoms with E-state index in [1.54, 1.807) is 36.4 Å². The molecule has 1 fully saturated rings. The van der Waals surface area contributed by atoms with Gasteiger partial charge in [-0.1, -0.05) is 18.2 Å². The number of carbonyl (C=O) groups is 3. The molecule has 0 radical (unpaired) electrons. The van der Waals surface area contributed by atoms with E-state index in [-0.39, 0.29) is 29.5 Å². The molecule has 1 heterocycles. The van der Waals surface area contributed by atoms with Crippen molar-refractivity contribution in [3.63, 3.8) is 0 Å². The maximum absolute atomic E-state index is 13.0. The van der Waals surface area contributed by atoms with Gasteiger partial charge in [-0.25, -0.2) is 4.39 Å². The van der Waals surface area contributed by atoms with E-state index in [0.717, 1.165) is 5.56 Å². The molecular formula is C20H20FN3O4S. The number of hydrogen-bond donors (Lipinski definition) is 3. The second-order valence-corrected chi connectivity index (χ2v) is 7.72. The molecule has 0 bridgehead atoms. The summed E-state index contributed by atoms with van der Waals surface area (Å²) in [6.45, 7) is -0.262. The summed E-state index contributed by atoms with van der Waals surface area (Å²) in [6, 6.07) is 11.9. The van der Waals surface area contributed by atoms with E-state index in [0.29, 0.717) is 23.6 Å². The Balaban J connectivity index is 1.54. The number of anilines is 1. The first-order valence-electron chi connectivity index (χ1n) is 8.89. The molecule has 0 spiro atoms. The summed E-state index contributed by atoms with van der Waals surface area (Å²) in [5.74, 6) is -0.696. The Bertz CT molecular complexity index is 907. The van der Waals surface area contributed by atoms with E-state index in [1.807, 2.05) is 0 Å². The van der Waals surface area contributed by atoms with Crippen LogP contribution in [0.1, 0.15) is 5.56 Å². The summed E-state index contributed by atoms with van der Waals surface area (Å²) in [4.78, 5) is 35.7. The summed E-state index contributed by atoms with van der Waals surface area (Å²) in [7, 11) is 0. The van der Waals surface area contributed by atoms with Crippen LogP contribution in [0.5, 0.6) is 5.75 Å². The van der Waals surface area contributed by atoms with Crippen molar-refractivity contribution in [3.8, 4) is 5.75 Å². The van der Waals surface area contributed by atoms with Crippen LogP contribution in [0.2, 0.25) is 0 Å². The minimum Gasteiger partial charge on any atom is -0.484 e. The minimum absolute atomic E-state index is 0.232. The molecule has 3 amide bonds. The third-order valence-corrected chi connectivity index (χ3v) is 5.52. The average Bonchev–Trinajstić information content (AvgIpc) is 2.70. The largest absolute Gasteiger partial charge is 0.484 e. The molecule has 7 nitrogen and oxygen atoms in total. The highest BCUT2D eigenvalue weighted by atomic mass is 32.2. The summed E-state index contributed by atoms with van der Waals surface area (Å²) in [5.41, 5.74) is 6.38. The van der Waals surface area contributed by atoms with Crippen molar-refractivity contribution in [1.29, 1.82) is 0 Å². The zero-order valence-electron chi connectivity index (χ0n) is 15.4. The first kappa shape index (κ1) is 20.7.